The Bertz CT molecular complexity index is 1360. The van der Waals surface area contributed by atoms with Crippen LogP contribution in [0.5, 0.6) is 0 Å². The van der Waals surface area contributed by atoms with Gasteiger partial charge in [-0.2, -0.15) is 0 Å². The van der Waals surface area contributed by atoms with Gasteiger partial charge in [0.15, 0.2) is 5.54 Å². The number of aliphatic hydroxyl groups excluding tert-OH is 1. The molecule has 214 valence electrons. The Balaban J connectivity index is 1.67. The summed E-state index contributed by atoms with van der Waals surface area (Å²) in [5.41, 5.74) is -2.37. The van der Waals surface area contributed by atoms with Gasteiger partial charge < -0.3 is 14.4 Å². The number of hydrogen-bond donors (Lipinski definition) is 3. The third-order valence-corrected chi connectivity index (χ3v) is 7.07. The maximum absolute atomic E-state index is 12.9. The molecule has 2 aromatic rings. The van der Waals surface area contributed by atoms with Crippen LogP contribution in [0.25, 0.3) is 6.08 Å². The van der Waals surface area contributed by atoms with E-state index < -0.39 is 55.6 Å². The monoisotopic (exact) mass is 651 g/mol. The van der Waals surface area contributed by atoms with E-state index in [1.165, 1.54) is 36.2 Å². The lowest BCUT2D eigenvalue weighted by atomic mass is 10.1. The molecule has 0 aliphatic carbocycles. The van der Waals surface area contributed by atoms with Gasteiger partial charge in [-0.05, 0) is 56.1 Å². The average molecular weight is 653 g/mol. The van der Waals surface area contributed by atoms with Crippen LogP contribution in [0.3, 0.4) is 0 Å². The fraction of sp³-hybridized carbons (Fsp3) is 0.435. The first-order chi connectivity index (χ1) is 18.3. The van der Waals surface area contributed by atoms with E-state index in [1.54, 1.807) is 31.2 Å². The van der Waals surface area contributed by atoms with Crippen molar-refractivity contribution in [1.82, 2.24) is 9.55 Å². The Morgan fingerprint density at radius 1 is 1.36 bits per heavy atom. The maximum atomic E-state index is 12.9. The largest absolute Gasteiger partial charge is 0.529 e. The van der Waals surface area contributed by atoms with Crippen LogP contribution in [-0.2, 0) is 28.0 Å². The molecule has 2 heterocycles. The number of aliphatic hydroxyl groups is 1. The van der Waals surface area contributed by atoms with Crippen LogP contribution in [0.2, 0.25) is 5.02 Å². The smallest absolute Gasteiger partial charge is 0.390 e. The van der Waals surface area contributed by atoms with Gasteiger partial charge in [-0.1, -0.05) is 27.5 Å². The van der Waals surface area contributed by atoms with E-state index >= 15 is 0 Å². The van der Waals surface area contributed by atoms with E-state index in [-0.39, 0.29) is 18.6 Å². The SMILES string of the molecule is CCON(c1ccc(Cl)cc1)C(C)(C)C(=O)OP(=O)(O)OC[C@H]1O[C@@H](n2cc(/C=C/Br)c(=O)[nH]c2=O)C[C@@H]1O. The number of phosphoric acid groups is 1. The van der Waals surface area contributed by atoms with Crippen LogP contribution in [0.1, 0.15) is 39.0 Å². The molecule has 1 aromatic heterocycles. The van der Waals surface area contributed by atoms with Gasteiger partial charge in [0.05, 0.1) is 30.6 Å². The number of aromatic nitrogens is 2. The van der Waals surface area contributed by atoms with Crippen molar-refractivity contribution >= 4 is 53.1 Å². The summed E-state index contributed by atoms with van der Waals surface area (Å²) in [5.74, 6) is -1.13. The first kappa shape index (κ1) is 31.2. The van der Waals surface area contributed by atoms with Crippen molar-refractivity contribution in [2.45, 2.75) is 51.2 Å². The number of hydroxylamine groups is 1. The Labute approximate surface area is 236 Å². The topological polar surface area (TPSA) is 170 Å². The second kappa shape index (κ2) is 12.9. The van der Waals surface area contributed by atoms with Gasteiger partial charge in [0.25, 0.3) is 5.56 Å². The summed E-state index contributed by atoms with van der Waals surface area (Å²) in [4.78, 5) is 56.5. The molecule has 39 heavy (non-hydrogen) atoms. The zero-order valence-corrected chi connectivity index (χ0v) is 24.4. The highest BCUT2D eigenvalue weighted by Gasteiger charge is 2.43. The van der Waals surface area contributed by atoms with Crippen molar-refractivity contribution < 1.29 is 38.0 Å². The van der Waals surface area contributed by atoms with Crippen LogP contribution >= 0.6 is 35.4 Å². The molecule has 13 nitrogen and oxygen atoms in total. The van der Waals surface area contributed by atoms with Crippen molar-refractivity contribution in [2.24, 2.45) is 0 Å². The van der Waals surface area contributed by atoms with E-state index in [9.17, 15) is 28.9 Å². The second-order valence-corrected chi connectivity index (χ2v) is 11.2. The molecule has 1 aliphatic rings. The molecule has 1 fully saturated rings. The standard InChI is InChI=1S/C23H28BrClN3O10P/c1-4-35-28(16-7-5-15(25)6-8-16)23(2,3)21(31)38-39(33,34)36-13-18-17(29)11-19(37-18)27-12-14(9-10-24)20(30)26-22(27)32/h5-10,12,17-19,29H,4,11,13H2,1-3H3,(H,33,34)(H,26,30,32)/b10-9+/t17-,18+,19+/m0/s1. The maximum Gasteiger partial charge on any atom is 0.529 e. The molecule has 0 radical (unpaired) electrons. The summed E-state index contributed by atoms with van der Waals surface area (Å²) in [7, 11) is -4.98. The Morgan fingerprint density at radius 2 is 2.03 bits per heavy atom. The summed E-state index contributed by atoms with van der Waals surface area (Å²) in [6, 6.07) is 6.38. The van der Waals surface area contributed by atoms with Gasteiger partial charge in [0.1, 0.15) is 12.3 Å². The van der Waals surface area contributed by atoms with E-state index in [1.807, 2.05) is 0 Å². The number of benzene rings is 1. The van der Waals surface area contributed by atoms with Gasteiger partial charge >= 0.3 is 19.5 Å². The number of rotatable bonds is 11. The Morgan fingerprint density at radius 3 is 2.64 bits per heavy atom. The van der Waals surface area contributed by atoms with Gasteiger partial charge in [-0.3, -0.25) is 28.6 Å². The Hall–Kier alpha value is -2.29. The van der Waals surface area contributed by atoms with Crippen molar-refractivity contribution in [3.63, 3.8) is 0 Å². The van der Waals surface area contributed by atoms with E-state index in [0.717, 1.165) is 4.57 Å². The van der Waals surface area contributed by atoms with Crippen molar-refractivity contribution in [3.05, 3.63) is 66.9 Å². The zero-order valence-electron chi connectivity index (χ0n) is 21.2. The van der Waals surface area contributed by atoms with Gasteiger partial charge in [0, 0.05) is 17.6 Å². The highest BCUT2D eigenvalue weighted by atomic mass is 79.9. The summed E-state index contributed by atoms with van der Waals surface area (Å²) < 4.78 is 29.1. The molecule has 16 heteroatoms. The average Bonchev–Trinajstić information content (AvgIpc) is 3.23. The minimum Gasteiger partial charge on any atom is -0.390 e. The molecule has 3 N–H and O–H groups in total. The van der Waals surface area contributed by atoms with Crippen molar-refractivity contribution in [2.75, 3.05) is 18.3 Å². The van der Waals surface area contributed by atoms with Crippen LogP contribution in [0.15, 0.2) is 45.0 Å². The van der Waals surface area contributed by atoms with Crippen LogP contribution in [0, 0.1) is 0 Å². The minimum absolute atomic E-state index is 0.0790. The lowest BCUT2D eigenvalue weighted by molar-refractivity contribution is -0.144. The Kier molecular flexibility index (Phi) is 10.3. The second-order valence-electron chi connectivity index (χ2n) is 8.87. The number of phosphoric ester groups is 1. The molecule has 0 amide bonds. The number of anilines is 1. The van der Waals surface area contributed by atoms with Crippen molar-refractivity contribution in [3.8, 4) is 0 Å². The number of carbonyl (C=O) groups is 1. The van der Waals surface area contributed by atoms with Gasteiger partial charge in [0.2, 0.25) is 0 Å². The van der Waals surface area contributed by atoms with E-state index in [2.05, 4.69) is 20.9 Å². The fourth-order valence-corrected chi connectivity index (χ4v) is 4.93. The quantitative estimate of drug-likeness (QED) is 0.241. The minimum atomic E-state index is -4.98. The number of halogens is 2. The molecule has 1 saturated heterocycles. The lowest BCUT2D eigenvalue weighted by Gasteiger charge is -2.36. The number of nitrogens with zero attached hydrogens (tertiary/aromatic N) is 2. The van der Waals surface area contributed by atoms with Crippen LogP contribution in [-0.4, -0.2) is 56.5 Å². The van der Waals surface area contributed by atoms with Crippen LogP contribution < -0.4 is 16.3 Å². The summed E-state index contributed by atoms with van der Waals surface area (Å²) in [5, 5.41) is 12.1. The first-order valence-corrected chi connectivity index (χ1v) is 14.4. The molecule has 1 aromatic carbocycles. The molecule has 0 spiro atoms. The zero-order chi connectivity index (χ0) is 29.0. The number of nitrogens with one attached hydrogen (secondary N) is 1. The van der Waals surface area contributed by atoms with Gasteiger partial charge in [-0.25, -0.2) is 19.2 Å². The number of aromatic amines is 1. The van der Waals surface area contributed by atoms with E-state index in [0.29, 0.717) is 10.7 Å². The lowest BCUT2D eigenvalue weighted by Crippen LogP contribution is -2.51. The molecule has 1 aliphatic heterocycles. The van der Waals surface area contributed by atoms with E-state index in [4.69, 9.17) is 30.2 Å². The summed E-state index contributed by atoms with van der Waals surface area (Å²) in [6.45, 7) is 4.09. The highest BCUT2D eigenvalue weighted by molar-refractivity contribution is 9.11. The molecule has 0 saturated carbocycles. The fourth-order valence-electron chi connectivity index (χ4n) is 3.69. The number of H-pyrrole nitrogens is 1. The molecule has 3 rings (SSSR count). The van der Waals surface area contributed by atoms with Gasteiger partial charge in [-0.15, -0.1) is 0 Å². The molecule has 0 bridgehead atoms. The third kappa shape index (κ3) is 7.68. The summed E-state index contributed by atoms with van der Waals surface area (Å²) in [6.07, 6.45) is -0.757. The molecular weight excluding hydrogens is 625 g/mol. The predicted molar refractivity (Wildman–Crippen MR) is 145 cm³/mol. The molecule has 1 unspecified atom stereocenters. The predicted octanol–water partition coefficient (Wildman–Crippen LogP) is 3.10. The first-order valence-electron chi connectivity index (χ1n) is 11.6. The van der Waals surface area contributed by atoms with Crippen LogP contribution in [0.4, 0.5) is 5.69 Å². The van der Waals surface area contributed by atoms with Crippen molar-refractivity contribution in [1.29, 1.82) is 0 Å². The normalized spacial score (nSPS) is 21.2. The third-order valence-electron chi connectivity index (χ3n) is 5.68. The summed E-state index contributed by atoms with van der Waals surface area (Å²) >= 11 is 8.99. The number of ether oxygens (including phenoxy) is 1. The number of hydrogen-bond acceptors (Lipinski definition) is 10. The number of carbonyl (C=O) groups excluding carboxylic acids is 1. The molecule has 4 atom stereocenters. The molecular formula is C23H28BrClN3O10P. The highest BCUT2D eigenvalue weighted by Crippen LogP contribution is 2.46.